The highest BCUT2D eigenvalue weighted by molar-refractivity contribution is 9.10. The summed E-state index contributed by atoms with van der Waals surface area (Å²) < 4.78 is 14.2. The molecule has 2 rings (SSSR count). The lowest BCUT2D eigenvalue weighted by molar-refractivity contribution is 0.425. The molecule has 0 aromatic heterocycles. The summed E-state index contributed by atoms with van der Waals surface area (Å²) in [6.45, 7) is 4.59. The van der Waals surface area contributed by atoms with Gasteiger partial charge in [0.05, 0.1) is 0 Å². The predicted octanol–water partition coefficient (Wildman–Crippen LogP) is 3.76. The van der Waals surface area contributed by atoms with Gasteiger partial charge in [0.2, 0.25) is 0 Å². The fraction of sp³-hybridized carbons (Fsp3) is 0.571. The Morgan fingerprint density at radius 3 is 2.71 bits per heavy atom. The smallest absolute Gasteiger partial charge is 0.123 e. The Balaban J connectivity index is 2.11. The first kappa shape index (κ1) is 13.0. The summed E-state index contributed by atoms with van der Waals surface area (Å²) in [4.78, 5) is 0. The van der Waals surface area contributed by atoms with Crippen molar-refractivity contribution < 1.29 is 4.39 Å². The van der Waals surface area contributed by atoms with Gasteiger partial charge in [-0.15, -0.1) is 0 Å². The Morgan fingerprint density at radius 2 is 2.18 bits per heavy atom. The highest BCUT2D eigenvalue weighted by Crippen LogP contribution is 2.54. The molecule has 17 heavy (non-hydrogen) atoms. The molecule has 1 aromatic rings. The summed E-state index contributed by atoms with van der Waals surface area (Å²) >= 11 is 3.49. The first-order valence-electron chi connectivity index (χ1n) is 6.05. The molecule has 94 valence electrons. The van der Waals surface area contributed by atoms with Gasteiger partial charge in [0.15, 0.2) is 0 Å². The third kappa shape index (κ3) is 2.89. The zero-order valence-corrected chi connectivity index (χ0v) is 12.1. The van der Waals surface area contributed by atoms with Crippen molar-refractivity contribution in [3.63, 3.8) is 0 Å². The Morgan fingerprint density at radius 1 is 1.53 bits per heavy atom. The second-order valence-electron chi connectivity index (χ2n) is 5.63. The second kappa shape index (κ2) is 4.69. The van der Waals surface area contributed by atoms with Crippen molar-refractivity contribution in [1.29, 1.82) is 0 Å². The van der Waals surface area contributed by atoms with Crippen LogP contribution in [0.1, 0.15) is 25.8 Å². The molecule has 1 fully saturated rings. The standard InChI is InChI=1S/C14H19BrFN/c1-14(2)8-11(14)13(17-3)7-9-6-10(16)4-5-12(9)15/h4-6,11,13,17H,7-8H2,1-3H3. The van der Waals surface area contributed by atoms with Crippen molar-refractivity contribution in [2.24, 2.45) is 11.3 Å². The topological polar surface area (TPSA) is 12.0 Å². The van der Waals surface area contributed by atoms with Gasteiger partial charge in [-0.1, -0.05) is 29.8 Å². The minimum absolute atomic E-state index is 0.159. The zero-order valence-electron chi connectivity index (χ0n) is 10.6. The van der Waals surface area contributed by atoms with E-state index in [0.29, 0.717) is 17.4 Å². The Hall–Kier alpha value is -0.410. The maximum atomic E-state index is 13.2. The van der Waals surface area contributed by atoms with E-state index in [0.717, 1.165) is 16.5 Å². The first-order valence-corrected chi connectivity index (χ1v) is 6.84. The lowest BCUT2D eigenvalue weighted by Gasteiger charge is -2.19. The van der Waals surface area contributed by atoms with E-state index in [1.165, 1.54) is 12.5 Å². The van der Waals surface area contributed by atoms with Crippen molar-refractivity contribution in [3.8, 4) is 0 Å². The number of hydrogen-bond acceptors (Lipinski definition) is 1. The maximum Gasteiger partial charge on any atom is 0.123 e. The van der Waals surface area contributed by atoms with E-state index < -0.39 is 0 Å². The molecule has 0 spiro atoms. The molecule has 3 heteroatoms. The maximum absolute atomic E-state index is 13.2. The van der Waals surface area contributed by atoms with Crippen LogP contribution in [0.15, 0.2) is 22.7 Å². The molecule has 0 bridgehead atoms. The summed E-state index contributed by atoms with van der Waals surface area (Å²) in [5.74, 6) is 0.538. The van der Waals surface area contributed by atoms with Crippen LogP contribution in [0.25, 0.3) is 0 Å². The number of halogens is 2. The minimum atomic E-state index is -0.159. The summed E-state index contributed by atoms with van der Waals surface area (Å²) in [6.07, 6.45) is 2.13. The molecule has 0 radical (unpaired) electrons. The summed E-state index contributed by atoms with van der Waals surface area (Å²) in [6, 6.07) is 5.34. The van der Waals surface area contributed by atoms with Crippen LogP contribution in [0, 0.1) is 17.2 Å². The third-order valence-electron chi connectivity index (χ3n) is 3.89. The van der Waals surface area contributed by atoms with E-state index in [1.807, 2.05) is 7.05 Å². The monoisotopic (exact) mass is 299 g/mol. The SMILES string of the molecule is CNC(Cc1cc(F)ccc1Br)C1CC1(C)C. The average Bonchev–Trinajstić information content (AvgIpc) is 2.89. The molecule has 1 N–H and O–H groups in total. The summed E-state index contributed by atoms with van der Waals surface area (Å²) in [5.41, 5.74) is 1.49. The van der Waals surface area contributed by atoms with Gasteiger partial charge in [0.1, 0.15) is 5.82 Å². The van der Waals surface area contributed by atoms with Crippen LogP contribution in [0.3, 0.4) is 0 Å². The number of benzene rings is 1. The average molecular weight is 300 g/mol. The van der Waals surface area contributed by atoms with Crippen LogP contribution >= 0.6 is 15.9 Å². The van der Waals surface area contributed by atoms with Crippen LogP contribution in [-0.4, -0.2) is 13.1 Å². The molecule has 0 aliphatic heterocycles. The van der Waals surface area contributed by atoms with E-state index in [-0.39, 0.29) is 5.82 Å². The summed E-state index contributed by atoms with van der Waals surface area (Å²) in [7, 11) is 1.99. The van der Waals surface area contributed by atoms with Crippen LogP contribution in [0.4, 0.5) is 4.39 Å². The Labute approximate surface area is 111 Å². The van der Waals surface area contributed by atoms with E-state index in [2.05, 4.69) is 35.1 Å². The van der Waals surface area contributed by atoms with Crippen molar-refractivity contribution >= 4 is 15.9 Å². The largest absolute Gasteiger partial charge is 0.316 e. The first-order chi connectivity index (χ1) is 7.94. The lowest BCUT2D eigenvalue weighted by Crippen LogP contribution is -2.31. The molecule has 0 saturated heterocycles. The Kier molecular flexibility index (Phi) is 3.60. The molecular formula is C14H19BrFN. The van der Waals surface area contributed by atoms with Crippen molar-refractivity contribution in [2.75, 3.05) is 7.05 Å². The molecule has 1 aliphatic carbocycles. The normalized spacial score (nSPS) is 23.5. The van der Waals surface area contributed by atoms with E-state index in [9.17, 15) is 4.39 Å². The van der Waals surface area contributed by atoms with Crippen molar-refractivity contribution in [1.82, 2.24) is 5.32 Å². The highest BCUT2D eigenvalue weighted by Gasteiger charge is 2.49. The van der Waals surface area contributed by atoms with Gasteiger partial charge < -0.3 is 5.32 Å². The van der Waals surface area contributed by atoms with Gasteiger partial charge in [-0.25, -0.2) is 4.39 Å². The molecule has 1 nitrogen and oxygen atoms in total. The second-order valence-corrected chi connectivity index (χ2v) is 6.49. The van der Waals surface area contributed by atoms with Crippen molar-refractivity contribution in [3.05, 3.63) is 34.1 Å². The summed E-state index contributed by atoms with van der Waals surface area (Å²) in [5, 5.41) is 3.37. The quantitative estimate of drug-likeness (QED) is 0.892. The number of hydrogen-bond donors (Lipinski definition) is 1. The Bertz CT molecular complexity index is 417. The zero-order chi connectivity index (χ0) is 12.6. The van der Waals surface area contributed by atoms with Crippen LogP contribution < -0.4 is 5.32 Å². The minimum Gasteiger partial charge on any atom is -0.316 e. The molecule has 2 unspecified atom stereocenters. The highest BCUT2D eigenvalue weighted by atomic mass is 79.9. The van der Waals surface area contributed by atoms with Gasteiger partial charge in [0.25, 0.3) is 0 Å². The fourth-order valence-corrected chi connectivity index (χ4v) is 2.99. The van der Waals surface area contributed by atoms with E-state index in [4.69, 9.17) is 0 Å². The molecule has 0 amide bonds. The molecule has 1 aliphatic rings. The fourth-order valence-electron chi connectivity index (χ4n) is 2.58. The predicted molar refractivity (Wildman–Crippen MR) is 72.5 cm³/mol. The third-order valence-corrected chi connectivity index (χ3v) is 4.67. The van der Waals surface area contributed by atoms with Gasteiger partial charge in [-0.2, -0.15) is 0 Å². The van der Waals surface area contributed by atoms with Crippen LogP contribution in [0.5, 0.6) is 0 Å². The van der Waals surface area contributed by atoms with E-state index >= 15 is 0 Å². The number of rotatable bonds is 4. The van der Waals surface area contributed by atoms with Gasteiger partial charge in [-0.3, -0.25) is 0 Å². The molecule has 2 atom stereocenters. The molecule has 1 aromatic carbocycles. The van der Waals surface area contributed by atoms with Crippen LogP contribution in [-0.2, 0) is 6.42 Å². The van der Waals surface area contributed by atoms with Crippen molar-refractivity contribution in [2.45, 2.75) is 32.7 Å². The van der Waals surface area contributed by atoms with E-state index in [1.54, 1.807) is 12.1 Å². The number of nitrogens with one attached hydrogen (secondary N) is 1. The molecule has 1 saturated carbocycles. The van der Waals surface area contributed by atoms with Gasteiger partial charge in [-0.05, 0) is 55.0 Å². The molecule has 0 heterocycles. The van der Waals surface area contributed by atoms with Gasteiger partial charge >= 0.3 is 0 Å². The number of likely N-dealkylation sites (N-methyl/N-ethyl adjacent to an activating group) is 1. The van der Waals surface area contributed by atoms with Gasteiger partial charge in [0, 0.05) is 10.5 Å². The lowest BCUT2D eigenvalue weighted by atomic mass is 9.97. The molecular weight excluding hydrogens is 281 g/mol. The van der Waals surface area contributed by atoms with Crippen LogP contribution in [0.2, 0.25) is 0 Å².